The van der Waals surface area contributed by atoms with Gasteiger partial charge in [-0.2, -0.15) is 0 Å². The van der Waals surface area contributed by atoms with E-state index in [1.54, 1.807) is 37.3 Å². The molecule has 150 valence electrons. The molecule has 0 aromatic heterocycles. The van der Waals surface area contributed by atoms with Crippen molar-refractivity contribution in [3.05, 3.63) is 58.1 Å². The fourth-order valence-corrected chi connectivity index (χ4v) is 3.00. The summed E-state index contributed by atoms with van der Waals surface area (Å²) in [6.45, 7) is 4.12. The van der Waals surface area contributed by atoms with E-state index in [4.69, 9.17) is 21.1 Å². The summed E-state index contributed by atoms with van der Waals surface area (Å²) in [6, 6.07) is 8.96. The van der Waals surface area contributed by atoms with Crippen LogP contribution in [-0.4, -0.2) is 31.6 Å². The van der Waals surface area contributed by atoms with Crippen LogP contribution >= 0.6 is 11.6 Å². The molecule has 3 rings (SSSR count). The highest BCUT2D eigenvalue weighted by Crippen LogP contribution is 2.30. The summed E-state index contributed by atoms with van der Waals surface area (Å²) in [5, 5.41) is 2.59. The third kappa shape index (κ3) is 4.09. The summed E-state index contributed by atoms with van der Waals surface area (Å²) < 4.78 is 10.8. The Balaban J connectivity index is 2.00. The van der Waals surface area contributed by atoms with E-state index >= 15 is 0 Å². The lowest BCUT2D eigenvalue weighted by atomic mass is 10.1. The van der Waals surface area contributed by atoms with E-state index in [0.29, 0.717) is 28.7 Å². The number of anilines is 1. The molecule has 0 radical (unpaired) electrons. The van der Waals surface area contributed by atoms with Gasteiger partial charge in [0.15, 0.2) is 11.5 Å². The molecular formula is C21H19ClN2O5. The molecule has 8 heteroatoms. The van der Waals surface area contributed by atoms with Gasteiger partial charge in [0.1, 0.15) is 5.57 Å². The molecule has 0 spiro atoms. The van der Waals surface area contributed by atoms with Crippen molar-refractivity contribution in [1.82, 2.24) is 5.32 Å². The fraction of sp³-hybridized carbons (Fsp3) is 0.190. The number of ether oxygens (including phenoxy) is 2. The number of aryl methyl sites for hydroxylation is 1. The maximum atomic E-state index is 12.9. The van der Waals surface area contributed by atoms with Crippen LogP contribution in [0.25, 0.3) is 6.08 Å². The summed E-state index contributed by atoms with van der Waals surface area (Å²) in [5.41, 5.74) is 1.42. The normalized spacial score (nSPS) is 15.5. The summed E-state index contributed by atoms with van der Waals surface area (Å²) >= 11 is 6.12. The van der Waals surface area contributed by atoms with Crippen LogP contribution in [0.5, 0.6) is 11.5 Å². The van der Waals surface area contributed by atoms with Crippen molar-refractivity contribution in [3.8, 4) is 11.5 Å². The molecule has 1 aliphatic heterocycles. The summed E-state index contributed by atoms with van der Waals surface area (Å²) in [6.07, 6.45) is 1.39. The van der Waals surface area contributed by atoms with Crippen LogP contribution in [0.2, 0.25) is 5.02 Å². The first kappa shape index (κ1) is 20.4. The zero-order valence-electron chi connectivity index (χ0n) is 16.1. The number of hydrogen-bond donors (Lipinski definition) is 1. The van der Waals surface area contributed by atoms with Gasteiger partial charge in [-0.25, -0.2) is 9.69 Å². The summed E-state index contributed by atoms with van der Waals surface area (Å²) in [5.74, 6) is -0.514. The summed E-state index contributed by atoms with van der Waals surface area (Å²) in [4.78, 5) is 38.4. The second-order valence-electron chi connectivity index (χ2n) is 6.23. The molecule has 1 saturated heterocycles. The van der Waals surface area contributed by atoms with Crippen LogP contribution < -0.4 is 19.7 Å². The first-order chi connectivity index (χ1) is 13.8. The van der Waals surface area contributed by atoms with Crippen molar-refractivity contribution in [2.45, 2.75) is 13.8 Å². The first-order valence-corrected chi connectivity index (χ1v) is 9.22. The number of carbonyl (C=O) groups is 3. The van der Waals surface area contributed by atoms with Crippen LogP contribution in [-0.2, 0) is 9.59 Å². The molecular weight excluding hydrogens is 396 g/mol. The van der Waals surface area contributed by atoms with Gasteiger partial charge in [0.25, 0.3) is 11.8 Å². The van der Waals surface area contributed by atoms with Gasteiger partial charge in [-0.3, -0.25) is 14.9 Å². The largest absolute Gasteiger partial charge is 0.493 e. The Morgan fingerprint density at radius 3 is 2.52 bits per heavy atom. The molecule has 0 atom stereocenters. The molecule has 1 N–H and O–H groups in total. The number of barbiturate groups is 1. The topological polar surface area (TPSA) is 84.9 Å². The van der Waals surface area contributed by atoms with E-state index in [-0.39, 0.29) is 11.3 Å². The minimum atomic E-state index is -0.832. The van der Waals surface area contributed by atoms with Crippen LogP contribution in [0.4, 0.5) is 10.5 Å². The van der Waals surface area contributed by atoms with Gasteiger partial charge in [-0.05, 0) is 55.3 Å². The maximum absolute atomic E-state index is 12.9. The third-order valence-corrected chi connectivity index (χ3v) is 4.72. The van der Waals surface area contributed by atoms with E-state index in [9.17, 15) is 14.4 Å². The zero-order valence-corrected chi connectivity index (χ0v) is 16.9. The number of nitrogens with one attached hydrogen (secondary N) is 1. The van der Waals surface area contributed by atoms with E-state index in [1.165, 1.54) is 19.3 Å². The number of hydrogen-bond acceptors (Lipinski definition) is 5. The van der Waals surface area contributed by atoms with Gasteiger partial charge in [0.2, 0.25) is 0 Å². The Morgan fingerprint density at radius 1 is 1.10 bits per heavy atom. The predicted molar refractivity (Wildman–Crippen MR) is 109 cm³/mol. The minimum Gasteiger partial charge on any atom is -0.493 e. The Bertz CT molecular complexity index is 1030. The smallest absolute Gasteiger partial charge is 0.335 e. The second kappa shape index (κ2) is 8.36. The first-order valence-electron chi connectivity index (χ1n) is 8.84. The average molecular weight is 415 g/mol. The van der Waals surface area contributed by atoms with Gasteiger partial charge >= 0.3 is 6.03 Å². The number of urea groups is 1. The Hall–Kier alpha value is -3.32. The standard InChI is InChI=1S/C21H19ClN2O5/c1-4-29-17-8-6-13(10-18(17)28-3)9-15-19(25)23-21(27)24(20(15)26)14-7-5-12(2)16(22)11-14/h5-11H,4H2,1-3H3,(H,23,25,27)/b15-9-. The lowest BCUT2D eigenvalue weighted by Gasteiger charge is -2.26. The molecule has 0 unspecified atom stereocenters. The molecule has 1 heterocycles. The number of amides is 4. The van der Waals surface area contributed by atoms with E-state index in [0.717, 1.165) is 10.5 Å². The highest BCUT2D eigenvalue weighted by Gasteiger charge is 2.37. The van der Waals surface area contributed by atoms with Crippen LogP contribution in [0.1, 0.15) is 18.1 Å². The number of imide groups is 2. The van der Waals surface area contributed by atoms with Gasteiger partial charge in [-0.1, -0.05) is 23.7 Å². The van der Waals surface area contributed by atoms with Crippen molar-refractivity contribution >= 4 is 41.2 Å². The van der Waals surface area contributed by atoms with Crippen molar-refractivity contribution < 1.29 is 23.9 Å². The van der Waals surface area contributed by atoms with Crippen molar-refractivity contribution in [1.29, 1.82) is 0 Å². The van der Waals surface area contributed by atoms with Gasteiger partial charge in [0.05, 0.1) is 19.4 Å². The minimum absolute atomic E-state index is 0.187. The zero-order chi connectivity index (χ0) is 21.1. The molecule has 1 fully saturated rings. The second-order valence-corrected chi connectivity index (χ2v) is 6.64. The number of carbonyl (C=O) groups excluding carboxylic acids is 3. The number of halogens is 1. The summed E-state index contributed by atoms with van der Waals surface area (Å²) in [7, 11) is 1.49. The van der Waals surface area contributed by atoms with Gasteiger partial charge in [0, 0.05) is 5.02 Å². The molecule has 4 amide bonds. The Kier molecular flexibility index (Phi) is 5.89. The van der Waals surface area contributed by atoms with E-state index in [2.05, 4.69) is 5.32 Å². The molecule has 2 aromatic rings. The van der Waals surface area contributed by atoms with Crippen LogP contribution in [0, 0.1) is 6.92 Å². The average Bonchev–Trinajstić information content (AvgIpc) is 2.69. The maximum Gasteiger partial charge on any atom is 0.335 e. The molecule has 2 aromatic carbocycles. The van der Waals surface area contributed by atoms with Gasteiger partial charge in [-0.15, -0.1) is 0 Å². The molecule has 7 nitrogen and oxygen atoms in total. The number of benzene rings is 2. The van der Waals surface area contributed by atoms with Crippen molar-refractivity contribution in [3.63, 3.8) is 0 Å². The molecule has 0 aliphatic carbocycles. The number of rotatable bonds is 5. The van der Waals surface area contributed by atoms with Crippen molar-refractivity contribution in [2.24, 2.45) is 0 Å². The van der Waals surface area contributed by atoms with Crippen LogP contribution in [0.15, 0.2) is 42.0 Å². The van der Waals surface area contributed by atoms with Gasteiger partial charge < -0.3 is 9.47 Å². The van der Waals surface area contributed by atoms with Crippen molar-refractivity contribution in [2.75, 3.05) is 18.6 Å². The lowest BCUT2D eigenvalue weighted by Crippen LogP contribution is -2.54. The monoisotopic (exact) mass is 414 g/mol. The predicted octanol–water partition coefficient (Wildman–Crippen LogP) is 3.72. The molecule has 0 saturated carbocycles. The third-order valence-electron chi connectivity index (χ3n) is 4.31. The number of methoxy groups -OCH3 is 1. The highest BCUT2D eigenvalue weighted by atomic mass is 35.5. The SMILES string of the molecule is CCOc1ccc(/C=C2/C(=O)NC(=O)N(c3ccc(C)c(Cl)c3)C2=O)cc1OC. The van der Waals surface area contributed by atoms with E-state index < -0.39 is 17.8 Å². The Morgan fingerprint density at radius 2 is 1.86 bits per heavy atom. The Labute approximate surface area is 172 Å². The van der Waals surface area contributed by atoms with E-state index in [1.807, 2.05) is 6.92 Å². The quantitative estimate of drug-likeness (QED) is 0.595. The fourth-order valence-electron chi connectivity index (χ4n) is 2.83. The molecule has 1 aliphatic rings. The molecule has 0 bridgehead atoms. The lowest BCUT2D eigenvalue weighted by molar-refractivity contribution is -0.122. The highest BCUT2D eigenvalue weighted by molar-refractivity contribution is 6.39. The van der Waals surface area contributed by atoms with Crippen LogP contribution in [0.3, 0.4) is 0 Å². The molecule has 29 heavy (non-hydrogen) atoms. The number of nitrogens with zero attached hydrogens (tertiary/aromatic N) is 1.